The Balaban J connectivity index is 1.66. The molecular weight excluding hydrogens is 456 g/mol. The van der Waals surface area contributed by atoms with Gasteiger partial charge in [-0.25, -0.2) is 0 Å². The van der Waals surface area contributed by atoms with Crippen molar-refractivity contribution in [1.29, 1.82) is 0 Å². The summed E-state index contributed by atoms with van der Waals surface area (Å²) in [6.07, 6.45) is 0. The maximum atomic E-state index is 6.50. The van der Waals surface area contributed by atoms with Crippen molar-refractivity contribution < 1.29 is 27.8 Å². The molecule has 5 aromatic rings. The molecule has 0 bridgehead atoms. The average Bonchev–Trinajstić information content (AvgIpc) is 3.44. The molecule has 2 heterocycles. The van der Waals surface area contributed by atoms with Gasteiger partial charge in [0.2, 0.25) is 0 Å². The number of ether oxygens (including phenoxy) is 4. The van der Waals surface area contributed by atoms with E-state index in [-0.39, 0.29) is 0 Å². The molecule has 36 heavy (non-hydrogen) atoms. The van der Waals surface area contributed by atoms with E-state index in [1.807, 2.05) is 60.7 Å². The summed E-state index contributed by atoms with van der Waals surface area (Å²) in [7, 11) is 4.97. The molecule has 0 aliphatic carbocycles. The van der Waals surface area contributed by atoms with E-state index in [2.05, 4.69) is 20.8 Å². The summed E-state index contributed by atoms with van der Waals surface area (Å²) in [5, 5.41) is 1.99. The average molecular weight is 487 g/mol. The van der Waals surface area contributed by atoms with E-state index in [1.54, 1.807) is 21.3 Å². The number of aryl methyl sites for hydroxylation is 2. The van der Waals surface area contributed by atoms with Crippen molar-refractivity contribution in [3.63, 3.8) is 0 Å². The lowest BCUT2D eigenvalue weighted by Crippen LogP contribution is -2.32. The van der Waals surface area contributed by atoms with E-state index in [1.165, 1.54) is 0 Å². The fourth-order valence-electron chi connectivity index (χ4n) is 4.84. The van der Waals surface area contributed by atoms with Gasteiger partial charge in [0.15, 0.2) is 0 Å². The molecule has 0 radical (unpaired) electrons. The lowest BCUT2D eigenvalue weighted by atomic mass is 9.81. The Morgan fingerprint density at radius 2 is 1.03 bits per heavy atom. The molecule has 6 heteroatoms. The third kappa shape index (κ3) is 3.92. The van der Waals surface area contributed by atoms with Crippen LogP contribution in [0.25, 0.3) is 21.9 Å². The first-order valence-corrected chi connectivity index (χ1v) is 11.8. The zero-order valence-corrected chi connectivity index (χ0v) is 21.4. The maximum Gasteiger partial charge on any atom is 0.134 e. The normalized spacial score (nSPS) is 11.7. The van der Waals surface area contributed by atoms with Gasteiger partial charge in [0.05, 0.1) is 21.3 Å². The van der Waals surface area contributed by atoms with E-state index < -0.39 is 5.41 Å². The second-order valence-corrected chi connectivity index (χ2v) is 9.13. The summed E-state index contributed by atoms with van der Waals surface area (Å²) in [5.74, 6) is 4.63. The van der Waals surface area contributed by atoms with Crippen LogP contribution in [0.4, 0.5) is 0 Å². The second kappa shape index (κ2) is 9.19. The van der Waals surface area contributed by atoms with Crippen LogP contribution in [0, 0.1) is 13.8 Å². The molecule has 0 atom stereocenters. The Labute approximate surface area is 210 Å². The summed E-state index contributed by atoms with van der Waals surface area (Å²) >= 11 is 0. The monoisotopic (exact) mass is 486 g/mol. The lowest BCUT2D eigenvalue weighted by Gasteiger charge is -2.27. The molecule has 0 aliphatic heterocycles. The first kappa shape index (κ1) is 23.7. The number of fused-ring (bicyclic) bond motifs is 2. The molecular formula is C30H30O6. The van der Waals surface area contributed by atoms with Crippen molar-refractivity contribution in [3.8, 4) is 23.0 Å². The summed E-state index contributed by atoms with van der Waals surface area (Å²) in [5.41, 5.74) is 2.88. The smallest absolute Gasteiger partial charge is 0.134 e. The van der Waals surface area contributed by atoms with Crippen molar-refractivity contribution in [2.45, 2.75) is 26.2 Å². The number of hydrogen-bond donors (Lipinski definition) is 0. The highest BCUT2D eigenvalue weighted by Gasteiger charge is 2.41. The molecule has 5 rings (SSSR count). The summed E-state index contributed by atoms with van der Waals surface area (Å²) in [4.78, 5) is 0. The molecule has 0 aliphatic rings. The molecule has 6 nitrogen and oxygen atoms in total. The first-order chi connectivity index (χ1) is 17.4. The molecule has 0 saturated carbocycles. The van der Waals surface area contributed by atoms with Gasteiger partial charge in [-0.1, -0.05) is 0 Å². The van der Waals surface area contributed by atoms with Crippen molar-refractivity contribution in [2.75, 3.05) is 27.9 Å². The molecule has 186 valence electrons. The number of furan rings is 2. The largest absolute Gasteiger partial charge is 0.497 e. The van der Waals surface area contributed by atoms with Crippen molar-refractivity contribution in [2.24, 2.45) is 0 Å². The Kier molecular flexibility index (Phi) is 6.04. The van der Waals surface area contributed by atoms with Gasteiger partial charge >= 0.3 is 0 Å². The molecule has 0 spiro atoms. The van der Waals surface area contributed by atoms with Crippen LogP contribution in [0.2, 0.25) is 0 Å². The molecule has 2 aromatic heterocycles. The summed E-state index contributed by atoms with van der Waals surface area (Å²) < 4.78 is 35.5. The van der Waals surface area contributed by atoms with E-state index in [4.69, 9.17) is 27.8 Å². The van der Waals surface area contributed by atoms with E-state index >= 15 is 0 Å². The quantitative estimate of drug-likeness (QED) is 0.231. The summed E-state index contributed by atoms with van der Waals surface area (Å²) in [6, 6.07) is 19.2. The van der Waals surface area contributed by atoms with Gasteiger partial charge in [-0.15, -0.1) is 0 Å². The molecule has 0 amide bonds. The summed E-state index contributed by atoms with van der Waals surface area (Å²) in [6.45, 7) is 6.52. The highest BCUT2D eigenvalue weighted by atomic mass is 16.5. The van der Waals surface area contributed by atoms with Gasteiger partial charge in [0.1, 0.15) is 57.7 Å². The second-order valence-electron chi connectivity index (χ2n) is 9.13. The maximum absolute atomic E-state index is 6.50. The number of hydrogen-bond acceptors (Lipinski definition) is 6. The van der Waals surface area contributed by atoms with Crippen LogP contribution in [0.3, 0.4) is 0 Å². The van der Waals surface area contributed by atoms with E-state index in [0.717, 1.165) is 67.6 Å². The number of methoxy groups -OCH3 is 3. The fourth-order valence-corrected chi connectivity index (χ4v) is 4.84. The third-order valence-corrected chi connectivity index (χ3v) is 6.88. The molecule has 3 aromatic carbocycles. The Bertz CT molecular complexity index is 1440. The van der Waals surface area contributed by atoms with Gasteiger partial charge in [-0.05, 0) is 92.6 Å². The highest BCUT2D eigenvalue weighted by Crippen LogP contribution is 2.44. The van der Waals surface area contributed by atoms with Crippen LogP contribution in [-0.4, -0.2) is 27.9 Å². The molecule has 0 unspecified atom stereocenters. The lowest BCUT2D eigenvalue weighted by molar-refractivity contribution is 0.212. The minimum absolute atomic E-state index is 0.301. The fraction of sp³-hybridized carbons (Fsp3) is 0.267. The van der Waals surface area contributed by atoms with Gasteiger partial charge in [-0.3, -0.25) is 0 Å². The Morgan fingerprint density at radius 1 is 0.611 bits per heavy atom. The zero-order valence-electron chi connectivity index (χ0n) is 21.4. The Morgan fingerprint density at radius 3 is 1.47 bits per heavy atom. The predicted molar refractivity (Wildman–Crippen MR) is 140 cm³/mol. The van der Waals surface area contributed by atoms with Gasteiger partial charge in [-0.2, -0.15) is 0 Å². The minimum Gasteiger partial charge on any atom is -0.497 e. The van der Waals surface area contributed by atoms with E-state index in [0.29, 0.717) is 6.61 Å². The third-order valence-electron chi connectivity index (χ3n) is 6.88. The van der Waals surface area contributed by atoms with Crippen molar-refractivity contribution in [3.05, 3.63) is 83.3 Å². The van der Waals surface area contributed by atoms with Crippen LogP contribution in [0.5, 0.6) is 23.0 Å². The van der Waals surface area contributed by atoms with Gasteiger partial charge in [0, 0.05) is 10.8 Å². The molecule has 0 fully saturated rings. The van der Waals surface area contributed by atoms with E-state index in [9.17, 15) is 0 Å². The number of benzene rings is 3. The van der Waals surface area contributed by atoms with Crippen molar-refractivity contribution >= 4 is 21.9 Å². The molecule has 0 N–H and O–H groups in total. The van der Waals surface area contributed by atoms with Crippen LogP contribution in [0.15, 0.2) is 69.5 Å². The van der Waals surface area contributed by atoms with Crippen LogP contribution in [-0.2, 0) is 5.41 Å². The first-order valence-electron chi connectivity index (χ1n) is 11.8. The van der Waals surface area contributed by atoms with Crippen molar-refractivity contribution in [1.82, 2.24) is 0 Å². The molecule has 0 saturated heterocycles. The number of rotatable bonds is 8. The van der Waals surface area contributed by atoms with Gasteiger partial charge in [0.25, 0.3) is 0 Å². The van der Waals surface area contributed by atoms with Crippen LogP contribution < -0.4 is 18.9 Å². The topological polar surface area (TPSA) is 63.2 Å². The highest BCUT2D eigenvalue weighted by molar-refractivity contribution is 5.86. The van der Waals surface area contributed by atoms with Crippen LogP contribution >= 0.6 is 0 Å². The predicted octanol–water partition coefficient (Wildman–Crippen LogP) is 7.21. The minimum atomic E-state index is -0.730. The van der Waals surface area contributed by atoms with Crippen LogP contribution in [0.1, 0.15) is 29.6 Å². The standard InChI is InChI=1S/C30H30O6/c1-18-24-15-22(32-5)11-13-26(24)35-28(18)30(3,17-34-21-9-7-20(31-4)8-10-21)29-19(2)25-16-23(33-6)12-14-27(25)36-29/h7-16H,17H2,1-6H3. The SMILES string of the molecule is COc1ccc(OCC(C)(c2oc3ccc(OC)cc3c2C)c2oc3ccc(OC)cc3c2C)cc1. The zero-order chi connectivity index (χ0) is 25.4. The Hall–Kier alpha value is -4.06. The van der Waals surface area contributed by atoms with Gasteiger partial charge < -0.3 is 27.8 Å².